The summed E-state index contributed by atoms with van der Waals surface area (Å²) >= 11 is 0. The van der Waals surface area contributed by atoms with E-state index in [4.69, 9.17) is 4.74 Å². The van der Waals surface area contributed by atoms with Crippen molar-refractivity contribution in [3.8, 4) is 6.07 Å². The summed E-state index contributed by atoms with van der Waals surface area (Å²) in [5.74, 6) is -0.980. The molecule has 0 saturated heterocycles. The average Bonchev–Trinajstić information content (AvgIpc) is 2.56. The number of aryl methyl sites for hydroxylation is 1. The minimum atomic E-state index is -1.02. The molecule has 0 heterocycles. The highest BCUT2D eigenvalue weighted by molar-refractivity contribution is 5.90. The van der Waals surface area contributed by atoms with Crippen LogP contribution in [0.3, 0.4) is 0 Å². The topological polar surface area (TPSA) is 112 Å². The lowest BCUT2D eigenvalue weighted by molar-refractivity contribution is -0.140. The Hall–Kier alpha value is -3.08. The van der Waals surface area contributed by atoms with Crippen LogP contribution in [0.2, 0.25) is 0 Å². The number of alkyl carbamates (subject to hydrolysis) is 1. The van der Waals surface area contributed by atoms with Gasteiger partial charge in [0.05, 0.1) is 6.07 Å². The molecular weight excluding hydrogens is 384 g/mol. The number of carbonyl (C=O) groups is 3. The number of hydrogen-bond acceptors (Lipinski definition) is 5. The maximum absolute atomic E-state index is 13.1. The van der Waals surface area contributed by atoms with Gasteiger partial charge in [0.15, 0.2) is 0 Å². The number of rotatable bonds is 6. The van der Waals surface area contributed by atoms with Crippen molar-refractivity contribution in [2.24, 2.45) is 0 Å². The van der Waals surface area contributed by atoms with Crippen LogP contribution in [0.15, 0.2) is 24.3 Å². The first-order valence-corrected chi connectivity index (χ1v) is 9.75. The van der Waals surface area contributed by atoms with Gasteiger partial charge in [-0.15, -0.1) is 0 Å². The minimum Gasteiger partial charge on any atom is -0.444 e. The van der Waals surface area contributed by atoms with Gasteiger partial charge in [0, 0.05) is 5.54 Å². The largest absolute Gasteiger partial charge is 0.444 e. The summed E-state index contributed by atoms with van der Waals surface area (Å²) in [4.78, 5) is 39.0. The summed E-state index contributed by atoms with van der Waals surface area (Å²) in [6.07, 6.45) is -0.751. The van der Waals surface area contributed by atoms with Crippen molar-refractivity contribution in [3.05, 3.63) is 35.4 Å². The fraction of sp³-hybridized carbons (Fsp3) is 0.545. The maximum atomic E-state index is 13.1. The number of ether oxygens (including phenoxy) is 1. The molecule has 164 valence electrons. The summed E-state index contributed by atoms with van der Waals surface area (Å²) in [6, 6.07) is 8.12. The maximum Gasteiger partial charge on any atom is 0.408 e. The Kier molecular flexibility index (Phi) is 8.40. The summed E-state index contributed by atoms with van der Waals surface area (Å²) in [7, 11) is 0. The second-order valence-electron chi connectivity index (χ2n) is 9.09. The van der Waals surface area contributed by atoms with Crippen molar-refractivity contribution in [2.75, 3.05) is 13.1 Å². The smallest absolute Gasteiger partial charge is 0.408 e. The molecule has 30 heavy (non-hydrogen) atoms. The van der Waals surface area contributed by atoms with E-state index >= 15 is 0 Å². The molecule has 8 heteroatoms. The van der Waals surface area contributed by atoms with Crippen molar-refractivity contribution in [3.63, 3.8) is 0 Å². The van der Waals surface area contributed by atoms with Crippen LogP contribution in [0.25, 0.3) is 0 Å². The van der Waals surface area contributed by atoms with Crippen LogP contribution in [0.4, 0.5) is 4.79 Å². The van der Waals surface area contributed by atoms with Gasteiger partial charge in [-0.25, -0.2) is 4.79 Å². The number of nitrogens with one attached hydrogen (secondary N) is 2. The number of amides is 3. The molecule has 3 amide bonds. The van der Waals surface area contributed by atoms with Crippen molar-refractivity contribution in [2.45, 2.75) is 65.6 Å². The van der Waals surface area contributed by atoms with Gasteiger partial charge in [-0.1, -0.05) is 29.8 Å². The molecule has 0 radical (unpaired) electrons. The summed E-state index contributed by atoms with van der Waals surface area (Å²) < 4.78 is 5.14. The van der Waals surface area contributed by atoms with Gasteiger partial charge in [-0.3, -0.25) is 9.59 Å². The van der Waals surface area contributed by atoms with E-state index < -0.39 is 41.6 Å². The first kappa shape index (κ1) is 25.0. The Morgan fingerprint density at radius 1 is 1.17 bits per heavy atom. The Labute approximate surface area is 178 Å². The molecule has 1 atom stereocenters. The number of nitriles is 1. The lowest BCUT2D eigenvalue weighted by atomic mass is 10.00. The minimum absolute atomic E-state index is 0.314. The average molecular weight is 417 g/mol. The van der Waals surface area contributed by atoms with Gasteiger partial charge < -0.3 is 20.3 Å². The lowest BCUT2D eigenvalue weighted by Gasteiger charge is -2.32. The van der Waals surface area contributed by atoms with E-state index in [2.05, 4.69) is 10.6 Å². The number of hydrogen-bond donors (Lipinski definition) is 2. The van der Waals surface area contributed by atoms with Crippen LogP contribution in [-0.4, -0.2) is 47.0 Å². The van der Waals surface area contributed by atoms with Gasteiger partial charge in [0.1, 0.15) is 24.7 Å². The highest BCUT2D eigenvalue weighted by atomic mass is 16.6. The number of benzene rings is 1. The summed E-state index contributed by atoms with van der Waals surface area (Å²) in [5, 5.41) is 14.6. The zero-order valence-corrected chi connectivity index (χ0v) is 18.8. The third-order valence-corrected chi connectivity index (χ3v) is 3.76. The molecule has 1 rings (SSSR count). The van der Waals surface area contributed by atoms with Crippen molar-refractivity contribution >= 4 is 17.9 Å². The van der Waals surface area contributed by atoms with E-state index in [1.807, 2.05) is 39.8 Å². The molecular formula is C22H32N4O4. The van der Waals surface area contributed by atoms with Gasteiger partial charge in [0.25, 0.3) is 0 Å². The highest BCUT2D eigenvalue weighted by Gasteiger charge is 2.33. The number of nitrogens with zero attached hydrogens (tertiary/aromatic N) is 2. The van der Waals surface area contributed by atoms with Gasteiger partial charge in [0.2, 0.25) is 11.8 Å². The van der Waals surface area contributed by atoms with Crippen LogP contribution in [-0.2, 0) is 14.3 Å². The lowest BCUT2D eigenvalue weighted by Crippen LogP contribution is -2.51. The molecule has 2 N–H and O–H groups in total. The van der Waals surface area contributed by atoms with E-state index in [-0.39, 0.29) is 6.54 Å². The second kappa shape index (κ2) is 10.1. The normalized spacial score (nSPS) is 12.3. The van der Waals surface area contributed by atoms with Gasteiger partial charge >= 0.3 is 6.09 Å². The summed E-state index contributed by atoms with van der Waals surface area (Å²) in [5.41, 5.74) is 0.251. The van der Waals surface area contributed by atoms with Crippen molar-refractivity contribution in [1.29, 1.82) is 5.26 Å². The first-order chi connectivity index (χ1) is 13.7. The third-order valence-electron chi connectivity index (χ3n) is 3.76. The van der Waals surface area contributed by atoms with Crippen molar-refractivity contribution < 1.29 is 19.1 Å². The van der Waals surface area contributed by atoms with Crippen LogP contribution in [0, 0.1) is 18.3 Å². The molecule has 0 aromatic heterocycles. The predicted molar refractivity (Wildman–Crippen MR) is 113 cm³/mol. The van der Waals surface area contributed by atoms with E-state index in [1.165, 1.54) is 0 Å². The standard InChI is InChI=1S/C22H32N4O4/c1-15-9-8-10-16(13-15)18(19(28)25-21(2,3)4)26(12-11-23)17(27)14-24-20(29)30-22(5,6)7/h8-10,13,18H,12,14H2,1-7H3,(H,24,29)(H,25,28). The monoisotopic (exact) mass is 416 g/mol. The van der Waals surface area contributed by atoms with Crippen LogP contribution < -0.4 is 10.6 Å². The van der Waals surface area contributed by atoms with Crippen LogP contribution >= 0.6 is 0 Å². The van der Waals surface area contributed by atoms with E-state index in [0.29, 0.717) is 5.56 Å². The van der Waals surface area contributed by atoms with Crippen molar-refractivity contribution in [1.82, 2.24) is 15.5 Å². The molecule has 1 unspecified atom stereocenters. The molecule has 0 fully saturated rings. The van der Waals surface area contributed by atoms with Crippen LogP contribution in [0.5, 0.6) is 0 Å². The molecule has 1 aromatic carbocycles. The summed E-state index contributed by atoms with van der Waals surface area (Å²) in [6.45, 7) is 11.8. The quantitative estimate of drug-likeness (QED) is 0.693. The Bertz CT molecular complexity index is 816. The molecule has 0 aliphatic rings. The molecule has 0 aliphatic carbocycles. The second-order valence-corrected chi connectivity index (χ2v) is 9.09. The molecule has 0 spiro atoms. The molecule has 0 aliphatic heterocycles. The van der Waals surface area contributed by atoms with E-state index in [0.717, 1.165) is 10.5 Å². The molecule has 1 aromatic rings. The Morgan fingerprint density at radius 3 is 2.30 bits per heavy atom. The Balaban J connectivity index is 3.17. The van der Waals surface area contributed by atoms with Crippen LogP contribution in [0.1, 0.15) is 58.7 Å². The predicted octanol–water partition coefficient (Wildman–Crippen LogP) is 2.83. The Morgan fingerprint density at radius 2 is 1.80 bits per heavy atom. The molecule has 0 saturated carbocycles. The molecule has 0 bridgehead atoms. The number of carbonyl (C=O) groups excluding carboxylic acids is 3. The van der Waals surface area contributed by atoms with Gasteiger partial charge in [-0.2, -0.15) is 5.26 Å². The molecule has 8 nitrogen and oxygen atoms in total. The SMILES string of the molecule is Cc1cccc(C(C(=O)NC(C)(C)C)N(CC#N)C(=O)CNC(=O)OC(C)(C)C)c1. The zero-order chi connectivity index (χ0) is 23.1. The van der Waals surface area contributed by atoms with E-state index in [1.54, 1.807) is 39.0 Å². The van der Waals surface area contributed by atoms with Gasteiger partial charge in [-0.05, 0) is 54.0 Å². The highest BCUT2D eigenvalue weighted by Crippen LogP contribution is 2.23. The van der Waals surface area contributed by atoms with E-state index in [9.17, 15) is 19.6 Å². The fourth-order valence-corrected chi connectivity index (χ4v) is 2.71. The zero-order valence-electron chi connectivity index (χ0n) is 18.8. The third kappa shape index (κ3) is 8.52. The first-order valence-electron chi connectivity index (χ1n) is 9.75. The fourth-order valence-electron chi connectivity index (χ4n) is 2.71.